The summed E-state index contributed by atoms with van der Waals surface area (Å²) in [6.07, 6.45) is 0. The van der Waals surface area contributed by atoms with Gasteiger partial charge in [0.2, 0.25) is 5.95 Å². The second-order valence-electron chi connectivity index (χ2n) is 6.00. The zero-order valence-corrected chi connectivity index (χ0v) is 15.6. The molecule has 3 N–H and O–H groups in total. The Hall–Kier alpha value is -3.71. The van der Waals surface area contributed by atoms with Gasteiger partial charge in [0, 0.05) is 5.69 Å². The molecule has 1 aromatic heterocycles. The Balaban J connectivity index is 1.67. The minimum absolute atomic E-state index is 0.164. The normalized spacial score (nSPS) is 10.4. The number of anilines is 2. The van der Waals surface area contributed by atoms with Gasteiger partial charge < -0.3 is 5.32 Å². The number of aromatic nitrogens is 2. The minimum atomic E-state index is -0.164. The molecule has 0 aliphatic rings. The van der Waals surface area contributed by atoms with Gasteiger partial charge in [-0.25, -0.2) is 9.55 Å². The van der Waals surface area contributed by atoms with Gasteiger partial charge in [-0.3, -0.25) is 15.6 Å². The number of nitrogens with one attached hydrogen (secondary N) is 3. The maximum absolute atomic E-state index is 13.1. The second kappa shape index (κ2) is 7.89. The lowest BCUT2D eigenvalue weighted by Crippen LogP contribution is -2.36. The molecule has 0 spiro atoms. The van der Waals surface area contributed by atoms with E-state index < -0.39 is 0 Å². The fourth-order valence-electron chi connectivity index (χ4n) is 2.83. The van der Waals surface area contributed by atoms with Crippen LogP contribution in [0.2, 0.25) is 0 Å². The van der Waals surface area contributed by atoms with Gasteiger partial charge in [0.05, 0.1) is 16.6 Å². The maximum atomic E-state index is 13.1. The van der Waals surface area contributed by atoms with Gasteiger partial charge in [0.1, 0.15) is 0 Å². The molecule has 3 aromatic carbocycles. The minimum Gasteiger partial charge on any atom is -0.331 e. The zero-order valence-electron chi connectivity index (χ0n) is 14.8. The fraction of sp³-hybridized carbons (Fsp3) is 0. The van der Waals surface area contributed by atoms with E-state index in [0.29, 0.717) is 27.7 Å². The molecule has 7 heteroatoms. The first-order valence-electron chi connectivity index (χ1n) is 8.67. The van der Waals surface area contributed by atoms with Crippen molar-refractivity contribution in [2.75, 3.05) is 10.7 Å². The van der Waals surface area contributed by atoms with Gasteiger partial charge in [0.15, 0.2) is 5.11 Å². The highest BCUT2D eigenvalue weighted by atomic mass is 32.1. The summed E-state index contributed by atoms with van der Waals surface area (Å²) in [6.45, 7) is 0. The van der Waals surface area contributed by atoms with Crippen LogP contribution in [0.1, 0.15) is 0 Å². The first-order chi connectivity index (χ1) is 13.7. The van der Waals surface area contributed by atoms with E-state index >= 15 is 0 Å². The molecule has 0 aliphatic heterocycles. The third-order valence-electron chi connectivity index (χ3n) is 4.11. The van der Waals surface area contributed by atoms with Crippen LogP contribution in [0.4, 0.5) is 11.6 Å². The lowest BCUT2D eigenvalue weighted by atomic mass is 10.2. The van der Waals surface area contributed by atoms with Crippen LogP contribution < -0.4 is 21.7 Å². The number of rotatable bonds is 4. The van der Waals surface area contributed by atoms with Crippen molar-refractivity contribution in [3.05, 3.63) is 95.3 Å². The molecule has 6 nitrogen and oxygen atoms in total. The Morgan fingerprint density at radius 2 is 1.50 bits per heavy atom. The van der Waals surface area contributed by atoms with E-state index in [2.05, 4.69) is 21.2 Å². The number of hydrogen-bond donors (Lipinski definition) is 3. The highest BCUT2D eigenvalue weighted by Crippen LogP contribution is 2.15. The molecule has 4 rings (SSSR count). The first kappa shape index (κ1) is 17.7. The summed E-state index contributed by atoms with van der Waals surface area (Å²) in [5, 5.41) is 3.96. The summed E-state index contributed by atoms with van der Waals surface area (Å²) < 4.78 is 1.51. The van der Waals surface area contributed by atoms with E-state index in [9.17, 15) is 4.79 Å². The molecular formula is C21H17N5OS. The van der Waals surface area contributed by atoms with Crippen molar-refractivity contribution in [2.45, 2.75) is 0 Å². The van der Waals surface area contributed by atoms with Crippen LogP contribution in [0, 0.1) is 0 Å². The summed E-state index contributed by atoms with van der Waals surface area (Å²) in [6, 6.07) is 26.1. The van der Waals surface area contributed by atoms with Crippen LogP contribution >= 0.6 is 12.2 Å². The molecule has 0 amide bonds. The van der Waals surface area contributed by atoms with E-state index in [4.69, 9.17) is 12.2 Å². The van der Waals surface area contributed by atoms with Crippen molar-refractivity contribution in [2.24, 2.45) is 0 Å². The van der Waals surface area contributed by atoms with Crippen molar-refractivity contribution in [1.82, 2.24) is 15.0 Å². The van der Waals surface area contributed by atoms with E-state index in [-0.39, 0.29) is 5.56 Å². The third-order valence-corrected chi connectivity index (χ3v) is 4.31. The number of hydrazine groups is 1. The second-order valence-corrected chi connectivity index (χ2v) is 6.41. The molecule has 0 bridgehead atoms. The Bertz CT molecular complexity index is 1180. The van der Waals surface area contributed by atoms with E-state index in [0.717, 1.165) is 5.69 Å². The number of benzene rings is 3. The van der Waals surface area contributed by atoms with Gasteiger partial charge in [-0.1, -0.05) is 48.5 Å². The number of thiocarbonyl (C=S) groups is 1. The molecule has 138 valence electrons. The average molecular weight is 387 g/mol. The van der Waals surface area contributed by atoms with Gasteiger partial charge in [0.25, 0.3) is 5.56 Å². The van der Waals surface area contributed by atoms with Crippen LogP contribution in [0.15, 0.2) is 89.7 Å². The molecular weight excluding hydrogens is 370 g/mol. The van der Waals surface area contributed by atoms with Crippen molar-refractivity contribution in [3.8, 4) is 5.69 Å². The summed E-state index contributed by atoms with van der Waals surface area (Å²) >= 11 is 5.32. The number of fused-ring (bicyclic) bond motifs is 1. The SMILES string of the molecule is O=c1c2ccccc2nc(NNC(=S)Nc2ccccc2)n1-c1ccccc1. The van der Waals surface area contributed by atoms with Gasteiger partial charge in [-0.2, -0.15) is 0 Å². The maximum Gasteiger partial charge on any atom is 0.267 e. The molecule has 0 atom stereocenters. The summed E-state index contributed by atoms with van der Waals surface area (Å²) in [5.41, 5.74) is 7.86. The Morgan fingerprint density at radius 1 is 0.857 bits per heavy atom. The van der Waals surface area contributed by atoms with Gasteiger partial charge in [-0.15, -0.1) is 0 Å². The van der Waals surface area contributed by atoms with Crippen LogP contribution in [-0.2, 0) is 0 Å². The molecule has 28 heavy (non-hydrogen) atoms. The van der Waals surface area contributed by atoms with Crippen LogP contribution in [-0.4, -0.2) is 14.7 Å². The Kier molecular flexibility index (Phi) is 4.99. The lowest BCUT2D eigenvalue weighted by molar-refractivity contribution is 0.929. The Morgan fingerprint density at radius 3 is 2.25 bits per heavy atom. The molecule has 4 aromatic rings. The number of nitrogens with zero attached hydrogens (tertiary/aromatic N) is 2. The first-order valence-corrected chi connectivity index (χ1v) is 9.08. The zero-order chi connectivity index (χ0) is 19.3. The monoisotopic (exact) mass is 387 g/mol. The molecule has 1 heterocycles. The predicted octanol–water partition coefficient (Wildman–Crippen LogP) is 3.70. The molecule has 0 saturated carbocycles. The van der Waals surface area contributed by atoms with Gasteiger partial charge >= 0.3 is 0 Å². The smallest absolute Gasteiger partial charge is 0.267 e. The van der Waals surface area contributed by atoms with E-state index in [1.54, 1.807) is 12.1 Å². The van der Waals surface area contributed by atoms with E-state index in [1.165, 1.54) is 4.57 Å². The summed E-state index contributed by atoms with van der Waals surface area (Å²) in [4.78, 5) is 17.7. The quantitative estimate of drug-likeness (QED) is 0.366. The fourth-order valence-corrected chi connectivity index (χ4v) is 3.00. The predicted molar refractivity (Wildman–Crippen MR) is 117 cm³/mol. The largest absolute Gasteiger partial charge is 0.331 e. The Labute approximate surface area is 166 Å². The van der Waals surface area contributed by atoms with Gasteiger partial charge in [-0.05, 0) is 48.6 Å². The van der Waals surface area contributed by atoms with Crippen molar-refractivity contribution in [3.63, 3.8) is 0 Å². The number of hydrogen-bond acceptors (Lipinski definition) is 4. The van der Waals surface area contributed by atoms with Crippen LogP contribution in [0.25, 0.3) is 16.6 Å². The molecule has 0 saturated heterocycles. The van der Waals surface area contributed by atoms with Crippen molar-refractivity contribution < 1.29 is 0 Å². The number of para-hydroxylation sites is 3. The average Bonchev–Trinajstić information content (AvgIpc) is 2.74. The highest BCUT2D eigenvalue weighted by Gasteiger charge is 2.12. The van der Waals surface area contributed by atoms with E-state index in [1.807, 2.05) is 72.8 Å². The molecule has 0 fully saturated rings. The summed E-state index contributed by atoms with van der Waals surface area (Å²) in [5.74, 6) is 0.340. The molecule has 0 radical (unpaired) electrons. The molecule has 0 unspecified atom stereocenters. The van der Waals surface area contributed by atoms with Crippen molar-refractivity contribution in [1.29, 1.82) is 0 Å². The molecule has 0 aliphatic carbocycles. The highest BCUT2D eigenvalue weighted by molar-refractivity contribution is 7.80. The lowest BCUT2D eigenvalue weighted by Gasteiger charge is -2.17. The summed E-state index contributed by atoms with van der Waals surface area (Å²) in [7, 11) is 0. The van der Waals surface area contributed by atoms with Crippen LogP contribution in [0.3, 0.4) is 0 Å². The third kappa shape index (κ3) is 3.70. The standard InChI is InChI=1S/C21H17N5OS/c27-19-17-13-7-8-14-18(17)23-20(26(19)16-11-5-2-6-12-16)24-25-21(28)22-15-9-3-1-4-10-15/h1-14H,(H,23,24)(H2,22,25,28). The van der Waals surface area contributed by atoms with Crippen molar-refractivity contribution >= 4 is 39.9 Å². The van der Waals surface area contributed by atoms with Crippen LogP contribution in [0.5, 0.6) is 0 Å². The topological polar surface area (TPSA) is 71.0 Å².